The molecule has 2 aromatic rings. The van der Waals surface area contributed by atoms with Crippen molar-refractivity contribution in [1.82, 2.24) is 0 Å². The van der Waals surface area contributed by atoms with Gasteiger partial charge in [0.15, 0.2) is 0 Å². The summed E-state index contributed by atoms with van der Waals surface area (Å²) in [5.74, 6) is -13.4. The lowest BCUT2D eigenvalue weighted by Gasteiger charge is -2.08. The van der Waals surface area contributed by atoms with Crippen molar-refractivity contribution in [2.75, 3.05) is 0 Å². The maximum atomic E-state index is 13.5. The molecule has 0 aliphatic heterocycles. The van der Waals surface area contributed by atoms with Crippen molar-refractivity contribution < 1.29 is 31.5 Å². The number of aryl methyl sites for hydroxylation is 1. The van der Waals surface area contributed by atoms with Crippen LogP contribution >= 0.6 is 11.3 Å². The Labute approximate surface area is 170 Å². The second-order valence-corrected chi connectivity index (χ2v) is 7.61. The smallest absolute Gasteiger partial charge is 0.311 e. The molecule has 160 valence electrons. The third-order valence-electron chi connectivity index (χ3n) is 4.56. The van der Waals surface area contributed by atoms with E-state index in [9.17, 15) is 26.7 Å². The minimum absolute atomic E-state index is 0.153. The van der Waals surface area contributed by atoms with Crippen molar-refractivity contribution >= 4 is 17.3 Å². The molecule has 0 aliphatic rings. The highest BCUT2D eigenvalue weighted by atomic mass is 32.1. The molecular weight excluding hydrogens is 411 g/mol. The number of rotatable bonds is 12. The summed E-state index contributed by atoms with van der Waals surface area (Å²) < 4.78 is 70.4. The van der Waals surface area contributed by atoms with E-state index in [1.165, 1.54) is 18.4 Å². The van der Waals surface area contributed by atoms with Gasteiger partial charge in [-0.2, -0.15) is 20.1 Å². The summed E-state index contributed by atoms with van der Waals surface area (Å²) in [5, 5.41) is 4.24. The summed E-state index contributed by atoms with van der Waals surface area (Å²) in [6, 6.07) is 2.14. The summed E-state index contributed by atoms with van der Waals surface area (Å²) in [5.41, 5.74) is 1.38. The SMILES string of the molecule is O=C(CCCCCCCCCCc1ccsc1)Oc1c(F)c(F)c(F)c(F)c1F. The Kier molecular flexibility index (Phi) is 9.57. The molecule has 0 bridgehead atoms. The number of hydrogen-bond donors (Lipinski definition) is 0. The van der Waals surface area contributed by atoms with Crippen molar-refractivity contribution in [2.45, 2.75) is 64.2 Å². The molecule has 0 N–H and O–H groups in total. The van der Waals surface area contributed by atoms with E-state index in [1.54, 1.807) is 11.3 Å². The first-order valence-electron chi connectivity index (χ1n) is 9.65. The zero-order chi connectivity index (χ0) is 21.2. The molecule has 0 unspecified atom stereocenters. The lowest BCUT2D eigenvalue weighted by Crippen LogP contribution is -2.13. The number of benzene rings is 1. The van der Waals surface area contributed by atoms with Crippen LogP contribution < -0.4 is 4.74 Å². The second-order valence-electron chi connectivity index (χ2n) is 6.83. The van der Waals surface area contributed by atoms with Gasteiger partial charge in [-0.05, 0) is 41.7 Å². The molecule has 0 spiro atoms. The van der Waals surface area contributed by atoms with Gasteiger partial charge in [0, 0.05) is 6.42 Å². The summed E-state index contributed by atoms with van der Waals surface area (Å²) >= 11 is 1.71. The Morgan fingerprint density at radius 2 is 1.28 bits per heavy atom. The predicted molar refractivity (Wildman–Crippen MR) is 101 cm³/mol. The van der Waals surface area contributed by atoms with Crippen LogP contribution in [-0.4, -0.2) is 5.97 Å². The first-order chi connectivity index (χ1) is 13.9. The molecule has 8 heteroatoms. The van der Waals surface area contributed by atoms with Gasteiger partial charge in [-0.3, -0.25) is 4.79 Å². The molecule has 0 aliphatic carbocycles. The Bertz CT molecular complexity index is 764. The van der Waals surface area contributed by atoms with E-state index in [1.807, 2.05) is 0 Å². The van der Waals surface area contributed by atoms with Gasteiger partial charge in [0.05, 0.1) is 0 Å². The number of carbonyl (C=O) groups excluding carboxylic acids is 1. The first-order valence-corrected chi connectivity index (χ1v) is 10.6. The minimum Gasteiger partial charge on any atom is -0.420 e. The maximum Gasteiger partial charge on any atom is 0.311 e. The molecular formula is C21H23F5O2S. The van der Waals surface area contributed by atoms with Gasteiger partial charge in [-0.15, -0.1) is 0 Å². The Balaban J connectivity index is 1.56. The van der Waals surface area contributed by atoms with Crippen LogP contribution in [0.4, 0.5) is 22.0 Å². The molecule has 0 saturated heterocycles. The highest BCUT2D eigenvalue weighted by molar-refractivity contribution is 7.07. The van der Waals surface area contributed by atoms with Crippen LogP contribution in [-0.2, 0) is 11.2 Å². The topological polar surface area (TPSA) is 26.3 Å². The number of carbonyl (C=O) groups is 1. The Morgan fingerprint density at radius 1 is 0.759 bits per heavy atom. The van der Waals surface area contributed by atoms with E-state index in [-0.39, 0.29) is 6.42 Å². The third-order valence-corrected chi connectivity index (χ3v) is 5.29. The molecule has 0 saturated carbocycles. The van der Waals surface area contributed by atoms with Crippen molar-refractivity contribution in [3.63, 3.8) is 0 Å². The predicted octanol–water partition coefficient (Wildman–Crippen LogP) is 7.10. The van der Waals surface area contributed by atoms with Crippen LogP contribution in [0.3, 0.4) is 0 Å². The minimum atomic E-state index is -2.29. The average molecular weight is 434 g/mol. The van der Waals surface area contributed by atoms with Gasteiger partial charge in [0.25, 0.3) is 0 Å². The molecule has 0 atom stereocenters. The number of hydrogen-bond acceptors (Lipinski definition) is 3. The van der Waals surface area contributed by atoms with E-state index in [0.717, 1.165) is 38.5 Å². The largest absolute Gasteiger partial charge is 0.420 e. The first kappa shape index (κ1) is 23.3. The highest BCUT2D eigenvalue weighted by Crippen LogP contribution is 2.29. The van der Waals surface area contributed by atoms with Gasteiger partial charge in [-0.1, -0.05) is 38.5 Å². The molecule has 1 aromatic heterocycles. The van der Waals surface area contributed by atoms with Crippen LogP contribution in [0.5, 0.6) is 5.75 Å². The van der Waals surface area contributed by atoms with Crippen molar-refractivity contribution in [3.8, 4) is 5.75 Å². The summed E-state index contributed by atoms with van der Waals surface area (Å²) in [6.07, 6.45) is 8.60. The standard InChI is InChI=1S/C21H23F5O2S/c22-16-17(23)19(25)21(20(26)18(16)24)28-15(27)10-8-6-4-2-1-3-5-7-9-14-11-12-29-13-14/h11-13H,1-10H2. The summed E-state index contributed by atoms with van der Waals surface area (Å²) in [7, 11) is 0. The Morgan fingerprint density at radius 3 is 1.83 bits per heavy atom. The van der Waals surface area contributed by atoms with E-state index in [0.29, 0.717) is 6.42 Å². The van der Waals surface area contributed by atoms with Crippen molar-refractivity contribution in [3.05, 3.63) is 51.5 Å². The normalized spacial score (nSPS) is 11.1. The van der Waals surface area contributed by atoms with Gasteiger partial charge in [-0.25, -0.2) is 13.2 Å². The second kappa shape index (κ2) is 11.9. The fraction of sp³-hybridized carbons (Fsp3) is 0.476. The lowest BCUT2D eigenvalue weighted by molar-refractivity contribution is -0.135. The monoisotopic (exact) mass is 434 g/mol. The van der Waals surface area contributed by atoms with Crippen LogP contribution in [0.1, 0.15) is 63.4 Å². The number of thiophene rings is 1. The van der Waals surface area contributed by atoms with Crippen LogP contribution in [0.2, 0.25) is 0 Å². The van der Waals surface area contributed by atoms with Crippen LogP contribution in [0.15, 0.2) is 16.8 Å². The highest BCUT2D eigenvalue weighted by Gasteiger charge is 2.28. The summed E-state index contributed by atoms with van der Waals surface area (Å²) in [6.45, 7) is 0. The van der Waals surface area contributed by atoms with Crippen molar-refractivity contribution in [1.29, 1.82) is 0 Å². The average Bonchev–Trinajstić information content (AvgIpc) is 3.23. The van der Waals surface area contributed by atoms with E-state index >= 15 is 0 Å². The fourth-order valence-corrected chi connectivity index (χ4v) is 3.64. The lowest BCUT2D eigenvalue weighted by atomic mass is 10.1. The Hall–Kier alpha value is -1.96. The molecule has 1 heterocycles. The third kappa shape index (κ3) is 7.10. The molecule has 2 nitrogen and oxygen atoms in total. The molecule has 1 aromatic carbocycles. The number of unbranched alkanes of at least 4 members (excludes halogenated alkanes) is 7. The van der Waals surface area contributed by atoms with Gasteiger partial charge in [0.2, 0.25) is 34.8 Å². The zero-order valence-corrected chi connectivity index (χ0v) is 16.7. The fourth-order valence-electron chi connectivity index (χ4n) is 2.93. The molecule has 0 radical (unpaired) electrons. The van der Waals surface area contributed by atoms with Crippen LogP contribution in [0, 0.1) is 29.1 Å². The summed E-state index contributed by atoms with van der Waals surface area (Å²) in [4.78, 5) is 11.6. The van der Waals surface area contributed by atoms with E-state index in [4.69, 9.17) is 0 Å². The molecule has 0 amide bonds. The number of halogens is 5. The van der Waals surface area contributed by atoms with Crippen molar-refractivity contribution in [2.24, 2.45) is 0 Å². The van der Waals surface area contributed by atoms with E-state index in [2.05, 4.69) is 21.6 Å². The van der Waals surface area contributed by atoms with E-state index < -0.39 is 40.8 Å². The molecule has 29 heavy (non-hydrogen) atoms. The number of ether oxygens (including phenoxy) is 1. The zero-order valence-electron chi connectivity index (χ0n) is 15.9. The van der Waals surface area contributed by atoms with Crippen LogP contribution in [0.25, 0.3) is 0 Å². The quantitative estimate of drug-likeness (QED) is 0.0889. The maximum absolute atomic E-state index is 13.5. The number of esters is 1. The van der Waals surface area contributed by atoms with Gasteiger partial charge < -0.3 is 4.74 Å². The van der Waals surface area contributed by atoms with Gasteiger partial charge in [0.1, 0.15) is 0 Å². The molecule has 0 fully saturated rings. The van der Waals surface area contributed by atoms with Gasteiger partial charge >= 0.3 is 5.97 Å². The molecule has 2 rings (SSSR count).